The molecule has 0 spiro atoms. The van der Waals surface area contributed by atoms with Crippen LogP contribution in [0, 0.1) is 5.92 Å². The van der Waals surface area contributed by atoms with Crippen LogP contribution in [0.1, 0.15) is 30.9 Å². The summed E-state index contributed by atoms with van der Waals surface area (Å²) in [4.78, 5) is 13.6. The van der Waals surface area contributed by atoms with Crippen molar-refractivity contribution in [2.24, 2.45) is 5.92 Å². The van der Waals surface area contributed by atoms with Crippen molar-refractivity contribution in [2.45, 2.75) is 32.9 Å². The Balaban J connectivity index is 1.83. The van der Waals surface area contributed by atoms with Crippen LogP contribution in [-0.4, -0.2) is 29.8 Å². The van der Waals surface area contributed by atoms with Crippen LogP contribution < -0.4 is 5.32 Å². The van der Waals surface area contributed by atoms with Gasteiger partial charge in [0, 0.05) is 19.6 Å². The molecule has 1 amide bonds. The third-order valence-electron chi connectivity index (χ3n) is 3.78. The maximum Gasteiger partial charge on any atom is 0.235 e. The quantitative estimate of drug-likeness (QED) is 0.847. The van der Waals surface area contributed by atoms with Crippen LogP contribution in [0.5, 0.6) is 0 Å². The number of hydrogen-bond donors (Lipinski definition) is 1. The fourth-order valence-corrected chi connectivity index (χ4v) is 2.79. The number of likely N-dealkylation sites (tertiary alicyclic amines) is 1. The van der Waals surface area contributed by atoms with E-state index in [0.717, 1.165) is 18.0 Å². The molecule has 1 aliphatic heterocycles. The largest absolute Gasteiger partial charge is 0.351 e. The Morgan fingerprint density at radius 3 is 2.70 bits per heavy atom. The molecule has 0 bridgehead atoms. The summed E-state index contributed by atoms with van der Waals surface area (Å²) in [5.41, 5.74) is 2.45. The van der Waals surface area contributed by atoms with Gasteiger partial charge in [-0.05, 0) is 36.4 Å². The van der Waals surface area contributed by atoms with Gasteiger partial charge in [-0.25, -0.2) is 0 Å². The molecule has 1 atom stereocenters. The van der Waals surface area contributed by atoms with Crippen LogP contribution in [0.2, 0.25) is 0 Å². The van der Waals surface area contributed by atoms with E-state index in [4.69, 9.17) is 11.6 Å². The SMILES string of the molecule is C[C@@H]1CCCN(Cc2ccc(CNC(=O)CCl)cc2)C1. The first-order valence-electron chi connectivity index (χ1n) is 7.30. The lowest BCUT2D eigenvalue weighted by Gasteiger charge is -2.30. The van der Waals surface area contributed by atoms with Crippen molar-refractivity contribution in [3.8, 4) is 0 Å². The van der Waals surface area contributed by atoms with Gasteiger partial charge in [-0.15, -0.1) is 11.6 Å². The minimum absolute atomic E-state index is 0.0191. The molecule has 110 valence electrons. The smallest absolute Gasteiger partial charge is 0.235 e. The van der Waals surface area contributed by atoms with Gasteiger partial charge in [-0.2, -0.15) is 0 Å². The molecular formula is C16H23ClN2O. The average molecular weight is 295 g/mol. The van der Waals surface area contributed by atoms with Crippen molar-refractivity contribution in [3.63, 3.8) is 0 Å². The molecule has 3 nitrogen and oxygen atoms in total. The molecule has 1 heterocycles. The molecule has 0 radical (unpaired) electrons. The molecule has 0 unspecified atom stereocenters. The fourth-order valence-electron chi connectivity index (χ4n) is 2.70. The van der Waals surface area contributed by atoms with Crippen molar-refractivity contribution in [3.05, 3.63) is 35.4 Å². The first-order chi connectivity index (χ1) is 9.67. The van der Waals surface area contributed by atoms with E-state index in [1.807, 2.05) is 0 Å². The number of carbonyl (C=O) groups excluding carboxylic acids is 1. The molecule has 1 fully saturated rings. The van der Waals surface area contributed by atoms with E-state index in [9.17, 15) is 4.79 Å². The molecule has 1 aliphatic rings. The number of nitrogens with one attached hydrogen (secondary N) is 1. The van der Waals surface area contributed by atoms with Crippen LogP contribution in [0.3, 0.4) is 0 Å². The van der Waals surface area contributed by atoms with E-state index in [1.165, 1.54) is 31.5 Å². The Hall–Kier alpha value is -1.06. The zero-order valence-corrected chi connectivity index (χ0v) is 12.8. The molecule has 1 aromatic carbocycles. The van der Waals surface area contributed by atoms with E-state index in [-0.39, 0.29) is 11.8 Å². The molecule has 20 heavy (non-hydrogen) atoms. The summed E-state index contributed by atoms with van der Waals surface area (Å²) in [6, 6.07) is 8.47. The third-order valence-corrected chi connectivity index (χ3v) is 4.02. The molecule has 0 aromatic heterocycles. The van der Waals surface area contributed by atoms with Crippen LogP contribution in [0.15, 0.2) is 24.3 Å². The first kappa shape index (κ1) is 15.3. The van der Waals surface area contributed by atoms with Gasteiger partial charge >= 0.3 is 0 Å². The zero-order valence-electron chi connectivity index (χ0n) is 12.1. The summed E-state index contributed by atoms with van der Waals surface area (Å²) in [5, 5.41) is 2.77. The number of carbonyl (C=O) groups is 1. The predicted molar refractivity (Wildman–Crippen MR) is 82.7 cm³/mol. The third kappa shape index (κ3) is 4.80. The maximum atomic E-state index is 11.1. The Morgan fingerprint density at radius 1 is 1.35 bits per heavy atom. The number of benzene rings is 1. The zero-order chi connectivity index (χ0) is 14.4. The van der Waals surface area contributed by atoms with Crippen molar-refractivity contribution in [1.29, 1.82) is 0 Å². The van der Waals surface area contributed by atoms with Gasteiger partial charge in [0.2, 0.25) is 5.91 Å². The molecule has 1 aromatic rings. The average Bonchev–Trinajstić information content (AvgIpc) is 2.46. The molecular weight excluding hydrogens is 272 g/mol. The minimum Gasteiger partial charge on any atom is -0.351 e. The monoisotopic (exact) mass is 294 g/mol. The molecule has 4 heteroatoms. The Morgan fingerprint density at radius 2 is 2.05 bits per heavy atom. The molecule has 2 rings (SSSR count). The van der Waals surface area contributed by atoms with Crippen LogP contribution in [-0.2, 0) is 17.9 Å². The first-order valence-corrected chi connectivity index (χ1v) is 7.83. The topological polar surface area (TPSA) is 32.3 Å². The number of piperidine rings is 1. The summed E-state index contributed by atoms with van der Waals surface area (Å²) in [7, 11) is 0. The summed E-state index contributed by atoms with van der Waals surface area (Å²) in [5.74, 6) is 0.706. The van der Waals surface area contributed by atoms with E-state index < -0.39 is 0 Å². The Labute approximate surface area is 126 Å². The van der Waals surface area contributed by atoms with Crippen LogP contribution in [0.25, 0.3) is 0 Å². The van der Waals surface area contributed by atoms with E-state index in [1.54, 1.807) is 0 Å². The van der Waals surface area contributed by atoms with Crippen LogP contribution in [0.4, 0.5) is 0 Å². The molecule has 1 N–H and O–H groups in total. The number of halogens is 1. The van der Waals surface area contributed by atoms with Gasteiger partial charge < -0.3 is 5.32 Å². The normalized spacial score (nSPS) is 19.8. The fraction of sp³-hybridized carbons (Fsp3) is 0.562. The van der Waals surface area contributed by atoms with E-state index in [0.29, 0.717) is 6.54 Å². The summed E-state index contributed by atoms with van der Waals surface area (Å²) < 4.78 is 0. The highest BCUT2D eigenvalue weighted by molar-refractivity contribution is 6.27. The lowest BCUT2D eigenvalue weighted by Crippen LogP contribution is -2.33. The lowest BCUT2D eigenvalue weighted by atomic mass is 9.99. The molecule has 1 saturated heterocycles. The Bertz CT molecular complexity index is 433. The van der Waals surface area contributed by atoms with Crippen molar-refractivity contribution in [2.75, 3.05) is 19.0 Å². The summed E-state index contributed by atoms with van der Waals surface area (Å²) >= 11 is 5.45. The van der Waals surface area contributed by atoms with Gasteiger partial charge in [0.1, 0.15) is 5.88 Å². The highest BCUT2D eigenvalue weighted by Gasteiger charge is 2.15. The molecule has 0 saturated carbocycles. The van der Waals surface area contributed by atoms with Crippen LogP contribution >= 0.6 is 11.6 Å². The second kappa shape index (κ2) is 7.65. The Kier molecular flexibility index (Phi) is 5.86. The lowest BCUT2D eigenvalue weighted by molar-refractivity contribution is -0.118. The van der Waals surface area contributed by atoms with E-state index >= 15 is 0 Å². The number of alkyl halides is 1. The second-order valence-corrected chi connectivity index (χ2v) is 5.98. The highest BCUT2D eigenvalue weighted by atomic mass is 35.5. The number of rotatable bonds is 5. The highest BCUT2D eigenvalue weighted by Crippen LogP contribution is 2.18. The predicted octanol–water partition coefficient (Wildman–Crippen LogP) is 2.77. The minimum atomic E-state index is -0.127. The number of nitrogens with zero attached hydrogens (tertiary/aromatic N) is 1. The van der Waals surface area contributed by atoms with Crippen molar-refractivity contribution < 1.29 is 4.79 Å². The standard InChI is InChI=1S/C16H23ClN2O/c1-13-3-2-8-19(11-13)12-15-6-4-14(5-7-15)10-18-16(20)9-17/h4-7,13H,2-3,8-12H2,1H3,(H,18,20)/t13-/m1/s1. The number of hydrogen-bond acceptors (Lipinski definition) is 2. The van der Waals surface area contributed by atoms with Gasteiger partial charge in [-0.1, -0.05) is 31.2 Å². The van der Waals surface area contributed by atoms with Gasteiger partial charge in [0.15, 0.2) is 0 Å². The maximum absolute atomic E-state index is 11.1. The van der Waals surface area contributed by atoms with E-state index in [2.05, 4.69) is 41.4 Å². The second-order valence-electron chi connectivity index (χ2n) is 5.71. The summed E-state index contributed by atoms with van der Waals surface area (Å²) in [6.07, 6.45) is 2.67. The van der Waals surface area contributed by atoms with Gasteiger partial charge in [0.25, 0.3) is 0 Å². The molecule has 0 aliphatic carbocycles. The summed E-state index contributed by atoms with van der Waals surface area (Å²) in [6.45, 7) is 6.31. The van der Waals surface area contributed by atoms with Gasteiger partial charge in [-0.3, -0.25) is 9.69 Å². The van der Waals surface area contributed by atoms with Crippen molar-refractivity contribution in [1.82, 2.24) is 10.2 Å². The van der Waals surface area contributed by atoms with Crippen molar-refractivity contribution >= 4 is 17.5 Å². The van der Waals surface area contributed by atoms with Gasteiger partial charge in [0.05, 0.1) is 0 Å². The number of amides is 1.